The van der Waals surface area contributed by atoms with E-state index in [0.717, 1.165) is 42.2 Å². The first-order valence-corrected chi connectivity index (χ1v) is 8.63. The number of hydrogen-bond acceptors (Lipinski definition) is 3. The molecule has 4 nitrogen and oxygen atoms in total. The van der Waals surface area contributed by atoms with Crippen LogP contribution in [0.25, 0.3) is 11.0 Å². The van der Waals surface area contributed by atoms with Crippen molar-refractivity contribution in [2.75, 3.05) is 6.54 Å². The van der Waals surface area contributed by atoms with Crippen LogP contribution in [0.2, 0.25) is 0 Å². The molecular formula is C19H27ClN2O2. The standard InChI is InChI=1S/C19H26N2O2.ClH/c1-3-19(4-2,12-20)21-18(22)10-15-11-23-17-9-14-7-5-6-13(14)8-16(15)17;/h8-9,11H,3-7,10,12,20H2,1-2H3,(H,21,22);1H. The predicted octanol–water partition coefficient (Wildman–Crippen LogP) is 3.52. The van der Waals surface area contributed by atoms with Crippen LogP contribution in [0.15, 0.2) is 22.8 Å². The summed E-state index contributed by atoms with van der Waals surface area (Å²) in [6.07, 6.45) is 7.22. The van der Waals surface area contributed by atoms with Gasteiger partial charge in [0.25, 0.3) is 0 Å². The molecule has 132 valence electrons. The van der Waals surface area contributed by atoms with Crippen molar-refractivity contribution in [3.63, 3.8) is 0 Å². The van der Waals surface area contributed by atoms with Gasteiger partial charge in [0, 0.05) is 17.5 Å². The van der Waals surface area contributed by atoms with E-state index < -0.39 is 0 Å². The number of rotatable bonds is 6. The normalized spacial score (nSPS) is 13.6. The zero-order valence-corrected chi connectivity index (χ0v) is 15.3. The van der Waals surface area contributed by atoms with Crippen LogP contribution in [0.5, 0.6) is 0 Å². The second-order valence-electron chi connectivity index (χ2n) is 6.65. The third kappa shape index (κ3) is 3.45. The molecule has 0 aliphatic heterocycles. The quantitative estimate of drug-likeness (QED) is 0.837. The zero-order chi connectivity index (χ0) is 16.4. The Labute approximate surface area is 149 Å². The lowest BCUT2D eigenvalue weighted by molar-refractivity contribution is -0.122. The molecule has 0 atom stereocenters. The maximum Gasteiger partial charge on any atom is 0.225 e. The summed E-state index contributed by atoms with van der Waals surface area (Å²) in [7, 11) is 0. The lowest BCUT2D eigenvalue weighted by atomic mass is 9.92. The minimum atomic E-state index is -0.294. The highest BCUT2D eigenvalue weighted by Gasteiger charge is 2.26. The Morgan fingerprint density at radius 2 is 1.92 bits per heavy atom. The number of carbonyl (C=O) groups is 1. The molecule has 1 heterocycles. The van der Waals surface area contributed by atoms with E-state index in [1.807, 2.05) is 0 Å². The number of nitrogens with two attached hydrogens (primary N) is 1. The molecule has 24 heavy (non-hydrogen) atoms. The summed E-state index contributed by atoms with van der Waals surface area (Å²) in [5.74, 6) is 0.0161. The number of nitrogens with one attached hydrogen (secondary N) is 1. The molecule has 0 spiro atoms. The Balaban J connectivity index is 0.00000208. The van der Waals surface area contributed by atoms with E-state index in [-0.39, 0.29) is 23.9 Å². The number of aryl methyl sites for hydroxylation is 2. The van der Waals surface area contributed by atoms with E-state index in [9.17, 15) is 4.79 Å². The highest BCUT2D eigenvalue weighted by atomic mass is 35.5. The largest absolute Gasteiger partial charge is 0.464 e. The molecule has 0 fully saturated rings. The van der Waals surface area contributed by atoms with Crippen LogP contribution >= 0.6 is 12.4 Å². The molecule has 1 aliphatic carbocycles. The SMILES string of the molecule is CCC(CC)(CN)NC(=O)Cc1coc2cc3c(cc12)CCC3.Cl. The summed E-state index contributed by atoms with van der Waals surface area (Å²) in [5.41, 5.74) is 10.2. The maximum absolute atomic E-state index is 12.5. The van der Waals surface area contributed by atoms with Gasteiger partial charge in [0.05, 0.1) is 18.2 Å². The minimum Gasteiger partial charge on any atom is -0.464 e. The molecule has 0 saturated heterocycles. The van der Waals surface area contributed by atoms with Crippen LogP contribution in [0.1, 0.15) is 49.8 Å². The second kappa shape index (κ2) is 7.58. The van der Waals surface area contributed by atoms with Gasteiger partial charge in [-0.1, -0.05) is 13.8 Å². The highest BCUT2D eigenvalue weighted by Crippen LogP contribution is 2.30. The Hall–Kier alpha value is -1.52. The van der Waals surface area contributed by atoms with Crippen LogP contribution in [-0.2, 0) is 24.1 Å². The lowest BCUT2D eigenvalue weighted by Gasteiger charge is -2.31. The number of amides is 1. The van der Waals surface area contributed by atoms with Crippen LogP contribution in [-0.4, -0.2) is 18.0 Å². The number of hydrogen-bond donors (Lipinski definition) is 2. The van der Waals surface area contributed by atoms with Gasteiger partial charge in [-0.3, -0.25) is 4.79 Å². The summed E-state index contributed by atoms with van der Waals surface area (Å²) in [4.78, 5) is 12.5. The Bertz CT molecular complexity index is 711. The van der Waals surface area contributed by atoms with Crippen molar-refractivity contribution >= 4 is 29.3 Å². The van der Waals surface area contributed by atoms with Crippen molar-refractivity contribution in [2.24, 2.45) is 5.73 Å². The van der Waals surface area contributed by atoms with Crippen molar-refractivity contribution < 1.29 is 9.21 Å². The van der Waals surface area contributed by atoms with Gasteiger partial charge < -0.3 is 15.5 Å². The van der Waals surface area contributed by atoms with Crippen molar-refractivity contribution in [3.8, 4) is 0 Å². The van der Waals surface area contributed by atoms with E-state index in [2.05, 4.69) is 31.3 Å². The summed E-state index contributed by atoms with van der Waals surface area (Å²) >= 11 is 0. The monoisotopic (exact) mass is 350 g/mol. The fraction of sp³-hybridized carbons (Fsp3) is 0.526. The van der Waals surface area contributed by atoms with Crippen LogP contribution in [0, 0.1) is 0 Å². The first-order chi connectivity index (χ1) is 11.1. The third-order valence-electron chi connectivity index (χ3n) is 5.37. The molecule has 0 saturated carbocycles. The van der Waals surface area contributed by atoms with Gasteiger partial charge in [-0.2, -0.15) is 0 Å². The van der Waals surface area contributed by atoms with Gasteiger partial charge in [-0.15, -0.1) is 12.4 Å². The highest BCUT2D eigenvalue weighted by molar-refractivity contribution is 5.89. The fourth-order valence-corrected chi connectivity index (χ4v) is 3.56. The van der Waals surface area contributed by atoms with Gasteiger partial charge in [0.2, 0.25) is 5.91 Å². The lowest BCUT2D eigenvalue weighted by Crippen LogP contribution is -2.53. The molecule has 3 rings (SSSR count). The Morgan fingerprint density at radius 3 is 2.54 bits per heavy atom. The number of benzene rings is 1. The number of fused-ring (bicyclic) bond motifs is 2. The average molecular weight is 351 g/mol. The van der Waals surface area contributed by atoms with Gasteiger partial charge in [-0.25, -0.2) is 0 Å². The molecule has 1 aliphatic rings. The van der Waals surface area contributed by atoms with Gasteiger partial charge >= 0.3 is 0 Å². The first kappa shape index (κ1) is 18.8. The number of halogens is 1. The van der Waals surface area contributed by atoms with Crippen LogP contribution < -0.4 is 11.1 Å². The van der Waals surface area contributed by atoms with Crippen molar-refractivity contribution in [3.05, 3.63) is 35.1 Å². The second-order valence-corrected chi connectivity index (χ2v) is 6.65. The third-order valence-corrected chi connectivity index (χ3v) is 5.37. The molecule has 0 bridgehead atoms. The number of carbonyl (C=O) groups excluding carboxylic acids is 1. The molecule has 3 N–H and O–H groups in total. The van der Waals surface area contributed by atoms with Gasteiger partial charge in [0.1, 0.15) is 5.58 Å². The van der Waals surface area contributed by atoms with Crippen molar-refractivity contribution in [2.45, 2.75) is 57.9 Å². The molecule has 1 aromatic carbocycles. The fourth-order valence-electron chi connectivity index (χ4n) is 3.56. The topological polar surface area (TPSA) is 68.3 Å². The van der Waals surface area contributed by atoms with E-state index in [4.69, 9.17) is 10.2 Å². The van der Waals surface area contributed by atoms with Crippen LogP contribution in [0.4, 0.5) is 0 Å². The summed E-state index contributed by atoms with van der Waals surface area (Å²) in [6.45, 7) is 4.59. The van der Waals surface area contributed by atoms with Crippen LogP contribution in [0.3, 0.4) is 0 Å². The molecule has 0 radical (unpaired) electrons. The summed E-state index contributed by atoms with van der Waals surface area (Å²) < 4.78 is 5.68. The molecule has 1 aromatic heterocycles. The maximum atomic E-state index is 12.5. The van der Waals surface area contributed by atoms with E-state index in [1.54, 1.807) is 6.26 Å². The minimum absolute atomic E-state index is 0. The van der Waals surface area contributed by atoms with Gasteiger partial charge in [-0.05, 0) is 55.4 Å². The average Bonchev–Trinajstić information content (AvgIpc) is 3.17. The Morgan fingerprint density at radius 1 is 1.25 bits per heavy atom. The zero-order valence-electron chi connectivity index (χ0n) is 14.5. The smallest absolute Gasteiger partial charge is 0.225 e. The van der Waals surface area contributed by atoms with Gasteiger partial charge in [0.15, 0.2) is 0 Å². The van der Waals surface area contributed by atoms with Crippen molar-refractivity contribution in [1.82, 2.24) is 5.32 Å². The van der Waals surface area contributed by atoms with E-state index in [0.29, 0.717) is 13.0 Å². The molecule has 2 aromatic rings. The molecule has 1 amide bonds. The molecular weight excluding hydrogens is 324 g/mol. The predicted molar refractivity (Wildman–Crippen MR) is 99.7 cm³/mol. The Kier molecular flexibility index (Phi) is 5.94. The van der Waals surface area contributed by atoms with E-state index >= 15 is 0 Å². The molecule has 5 heteroatoms. The summed E-state index contributed by atoms with van der Waals surface area (Å²) in [5, 5.41) is 4.21. The molecule has 0 unspecified atom stereocenters. The number of furan rings is 1. The first-order valence-electron chi connectivity index (χ1n) is 8.63. The van der Waals surface area contributed by atoms with E-state index in [1.165, 1.54) is 17.5 Å². The summed E-state index contributed by atoms with van der Waals surface area (Å²) in [6, 6.07) is 4.35. The van der Waals surface area contributed by atoms with Crippen molar-refractivity contribution in [1.29, 1.82) is 0 Å².